The molecule has 0 aliphatic heterocycles. The fraction of sp³-hybridized carbons (Fsp3) is 0.516. The molecule has 3 nitrogen and oxygen atoms in total. The summed E-state index contributed by atoms with van der Waals surface area (Å²) in [4.78, 5) is 3.41. The lowest BCUT2D eigenvalue weighted by atomic mass is 9.70. The van der Waals surface area contributed by atoms with Crippen molar-refractivity contribution in [2.75, 3.05) is 13.2 Å². The fourth-order valence-electron chi connectivity index (χ4n) is 5.38. The minimum absolute atomic E-state index is 0.0461. The van der Waals surface area contributed by atoms with Gasteiger partial charge < -0.3 is 14.7 Å². The van der Waals surface area contributed by atoms with Crippen molar-refractivity contribution in [2.45, 2.75) is 90.1 Å². The molecule has 0 bridgehead atoms. The summed E-state index contributed by atoms with van der Waals surface area (Å²) in [7, 11) is 0. The number of ether oxygens (including phenoxy) is 1. The Hall–Kier alpha value is -2.57. The lowest BCUT2D eigenvalue weighted by Crippen LogP contribution is -2.26. The van der Waals surface area contributed by atoms with Crippen molar-refractivity contribution >= 4 is 6.08 Å². The van der Waals surface area contributed by atoms with E-state index >= 15 is 0 Å². The number of benzene rings is 2. The average molecular weight is 460 g/mol. The fourth-order valence-corrected chi connectivity index (χ4v) is 5.38. The largest absolute Gasteiger partial charge is 0.493 e. The highest BCUT2D eigenvalue weighted by atomic mass is 16.5. The second kappa shape index (κ2) is 11.7. The minimum atomic E-state index is -0.625. The van der Waals surface area contributed by atoms with E-state index in [1.165, 1.54) is 22.3 Å². The zero-order valence-corrected chi connectivity index (χ0v) is 21.5. The van der Waals surface area contributed by atoms with E-state index in [0.29, 0.717) is 13.2 Å². The standard InChI is InChI=1S/C31H41NO2/c1-6-31(7-2,28-14-15-29(25(4)23-28)34-21-11-10-20-32-5)27-13-12-26(24(3)22-27)16-19-30(33)17-8-9-18-30/h12-16,19,22-23,33H,6-11,17-18,20-21H2,1-4H3. The van der Waals surface area contributed by atoms with Crippen molar-refractivity contribution in [3.05, 3.63) is 81.7 Å². The van der Waals surface area contributed by atoms with Crippen LogP contribution in [-0.2, 0) is 5.41 Å². The molecule has 0 aromatic heterocycles. The molecule has 3 rings (SSSR count). The molecule has 2 aromatic carbocycles. The maximum Gasteiger partial charge on any atom is 0.214 e. The van der Waals surface area contributed by atoms with Crippen LogP contribution in [-0.4, -0.2) is 23.9 Å². The molecule has 34 heavy (non-hydrogen) atoms. The van der Waals surface area contributed by atoms with Gasteiger partial charge in [0, 0.05) is 11.8 Å². The van der Waals surface area contributed by atoms with Crippen molar-refractivity contribution in [2.24, 2.45) is 0 Å². The van der Waals surface area contributed by atoms with Gasteiger partial charge in [0.15, 0.2) is 0 Å². The number of rotatable bonds is 11. The third-order valence-electron chi connectivity index (χ3n) is 7.72. The quantitative estimate of drug-likeness (QED) is 0.275. The second-order valence-corrected chi connectivity index (χ2v) is 9.92. The van der Waals surface area contributed by atoms with Crippen molar-refractivity contribution in [1.29, 1.82) is 0 Å². The molecule has 0 radical (unpaired) electrons. The van der Waals surface area contributed by atoms with Gasteiger partial charge in [0.1, 0.15) is 5.75 Å². The SMILES string of the molecule is [C-]#[N+]CCCCOc1ccc(C(CC)(CC)c2ccc(C=CC3(O)CCCC3)c(C)c2)cc1C. The molecule has 0 saturated heterocycles. The maximum atomic E-state index is 10.7. The summed E-state index contributed by atoms with van der Waals surface area (Å²) in [5.41, 5.74) is 5.60. The summed E-state index contributed by atoms with van der Waals surface area (Å²) < 4.78 is 6.01. The molecule has 182 valence electrons. The third-order valence-corrected chi connectivity index (χ3v) is 7.72. The van der Waals surface area contributed by atoms with Crippen LogP contribution < -0.4 is 4.74 Å². The van der Waals surface area contributed by atoms with E-state index in [0.717, 1.165) is 62.7 Å². The Kier molecular flexibility index (Phi) is 8.97. The number of hydrogen-bond donors (Lipinski definition) is 1. The Morgan fingerprint density at radius 3 is 2.24 bits per heavy atom. The summed E-state index contributed by atoms with van der Waals surface area (Å²) in [6.07, 6.45) is 11.9. The molecule has 1 aliphatic rings. The molecule has 0 atom stereocenters. The van der Waals surface area contributed by atoms with Gasteiger partial charge in [0.05, 0.1) is 12.2 Å². The number of aryl methyl sites for hydroxylation is 2. The second-order valence-electron chi connectivity index (χ2n) is 9.92. The summed E-state index contributed by atoms with van der Waals surface area (Å²) >= 11 is 0. The molecular weight excluding hydrogens is 418 g/mol. The monoisotopic (exact) mass is 459 g/mol. The van der Waals surface area contributed by atoms with E-state index < -0.39 is 5.60 Å². The first kappa shape index (κ1) is 26.0. The van der Waals surface area contributed by atoms with E-state index in [1.807, 2.05) is 6.08 Å². The van der Waals surface area contributed by atoms with Crippen LogP contribution >= 0.6 is 0 Å². The molecule has 1 N–H and O–H groups in total. The van der Waals surface area contributed by atoms with Crippen LogP contribution in [0, 0.1) is 20.4 Å². The Morgan fingerprint density at radius 1 is 1.00 bits per heavy atom. The summed E-state index contributed by atoms with van der Waals surface area (Å²) in [5, 5.41) is 10.7. The molecule has 1 aliphatic carbocycles. The maximum absolute atomic E-state index is 10.7. The number of unbranched alkanes of at least 4 members (excludes halogenated alkanes) is 1. The van der Waals surface area contributed by atoms with Gasteiger partial charge in [-0.25, -0.2) is 6.57 Å². The summed E-state index contributed by atoms with van der Waals surface area (Å²) in [6, 6.07) is 13.5. The molecule has 0 amide bonds. The van der Waals surface area contributed by atoms with Gasteiger partial charge in [-0.15, -0.1) is 0 Å². The van der Waals surface area contributed by atoms with Crippen molar-refractivity contribution < 1.29 is 9.84 Å². The number of hydrogen-bond acceptors (Lipinski definition) is 2. The molecule has 0 unspecified atom stereocenters. The Balaban J connectivity index is 1.82. The Labute approximate surface area is 206 Å². The topological polar surface area (TPSA) is 33.8 Å². The van der Waals surface area contributed by atoms with Crippen LogP contribution in [0.4, 0.5) is 0 Å². The normalized spacial score (nSPS) is 15.5. The first-order valence-corrected chi connectivity index (χ1v) is 13.0. The van der Waals surface area contributed by atoms with Gasteiger partial charge in [-0.2, -0.15) is 0 Å². The molecule has 1 fully saturated rings. The van der Waals surface area contributed by atoms with E-state index in [4.69, 9.17) is 11.3 Å². The van der Waals surface area contributed by atoms with E-state index in [2.05, 4.69) is 75.0 Å². The zero-order chi connectivity index (χ0) is 24.6. The molecular formula is C31H41NO2. The number of nitrogens with zero attached hydrogens (tertiary/aromatic N) is 1. The van der Waals surface area contributed by atoms with Gasteiger partial charge in [-0.1, -0.05) is 69.2 Å². The van der Waals surface area contributed by atoms with Gasteiger partial charge in [-0.05, 0) is 79.8 Å². The average Bonchev–Trinajstić information content (AvgIpc) is 3.27. The highest BCUT2D eigenvalue weighted by Gasteiger charge is 2.32. The van der Waals surface area contributed by atoms with Crippen LogP contribution in [0.1, 0.15) is 93.0 Å². The lowest BCUT2D eigenvalue weighted by molar-refractivity contribution is 0.100. The van der Waals surface area contributed by atoms with Crippen LogP contribution in [0.2, 0.25) is 0 Å². The lowest BCUT2D eigenvalue weighted by Gasteiger charge is -2.34. The highest BCUT2D eigenvalue weighted by molar-refractivity contribution is 5.57. The summed E-state index contributed by atoms with van der Waals surface area (Å²) in [5.74, 6) is 0.939. The summed E-state index contributed by atoms with van der Waals surface area (Å²) in [6.45, 7) is 17.0. The third kappa shape index (κ3) is 5.91. The van der Waals surface area contributed by atoms with Gasteiger partial charge in [-0.3, -0.25) is 0 Å². The molecule has 0 heterocycles. The van der Waals surface area contributed by atoms with Crippen LogP contribution in [0.15, 0.2) is 42.5 Å². The van der Waals surface area contributed by atoms with Gasteiger partial charge in [0.2, 0.25) is 6.54 Å². The van der Waals surface area contributed by atoms with Crippen molar-refractivity contribution in [1.82, 2.24) is 0 Å². The predicted octanol–water partition coefficient (Wildman–Crippen LogP) is 7.81. The van der Waals surface area contributed by atoms with E-state index in [1.54, 1.807) is 0 Å². The number of aliphatic hydroxyl groups is 1. The first-order chi connectivity index (χ1) is 16.4. The van der Waals surface area contributed by atoms with Crippen molar-refractivity contribution in [3.8, 4) is 5.75 Å². The zero-order valence-electron chi connectivity index (χ0n) is 21.5. The predicted molar refractivity (Wildman–Crippen MR) is 142 cm³/mol. The van der Waals surface area contributed by atoms with Crippen LogP contribution in [0.25, 0.3) is 10.9 Å². The molecule has 0 spiro atoms. The molecule has 1 saturated carbocycles. The van der Waals surface area contributed by atoms with Gasteiger partial charge >= 0.3 is 0 Å². The van der Waals surface area contributed by atoms with E-state index in [-0.39, 0.29) is 5.41 Å². The van der Waals surface area contributed by atoms with E-state index in [9.17, 15) is 5.11 Å². The highest BCUT2D eigenvalue weighted by Crippen LogP contribution is 2.41. The van der Waals surface area contributed by atoms with Crippen molar-refractivity contribution in [3.63, 3.8) is 0 Å². The van der Waals surface area contributed by atoms with Crippen LogP contribution in [0.5, 0.6) is 5.75 Å². The molecule has 2 aromatic rings. The molecule has 3 heteroatoms. The smallest absolute Gasteiger partial charge is 0.214 e. The Morgan fingerprint density at radius 2 is 1.65 bits per heavy atom. The van der Waals surface area contributed by atoms with Crippen LogP contribution in [0.3, 0.4) is 0 Å². The first-order valence-electron chi connectivity index (χ1n) is 13.0. The van der Waals surface area contributed by atoms with Gasteiger partial charge in [0.25, 0.3) is 0 Å². The minimum Gasteiger partial charge on any atom is -0.493 e. The Bertz CT molecular complexity index is 1020.